The van der Waals surface area contributed by atoms with Gasteiger partial charge in [-0.05, 0) is 31.9 Å². The molecule has 2 amide bonds. The van der Waals surface area contributed by atoms with Crippen LogP contribution >= 0.6 is 11.3 Å². The van der Waals surface area contributed by atoms with Crippen LogP contribution in [0.2, 0.25) is 0 Å². The molecule has 5 nitrogen and oxygen atoms in total. The largest absolute Gasteiger partial charge is 0.333 e. The number of thiophene rings is 1. The predicted molar refractivity (Wildman–Crippen MR) is 88.9 cm³/mol. The topological polar surface area (TPSA) is 66.5 Å². The highest BCUT2D eigenvalue weighted by Crippen LogP contribution is 2.23. The lowest BCUT2D eigenvalue weighted by atomic mass is 10.1. The van der Waals surface area contributed by atoms with Crippen LogP contribution < -0.4 is 5.32 Å². The van der Waals surface area contributed by atoms with Gasteiger partial charge in [-0.15, -0.1) is 11.3 Å². The van der Waals surface area contributed by atoms with Crippen molar-refractivity contribution in [3.05, 3.63) is 17.0 Å². The second-order valence-corrected chi connectivity index (χ2v) is 9.35. The van der Waals surface area contributed by atoms with Crippen LogP contribution in [-0.4, -0.2) is 37.7 Å². The van der Waals surface area contributed by atoms with Crippen molar-refractivity contribution in [2.45, 2.75) is 56.3 Å². The summed E-state index contributed by atoms with van der Waals surface area (Å²) in [6, 6.07) is 3.61. The van der Waals surface area contributed by atoms with Gasteiger partial charge in [0.1, 0.15) is 4.21 Å². The number of likely N-dealkylation sites (tertiary alicyclic amines) is 1. The normalized spacial score (nSPS) is 19.7. The van der Waals surface area contributed by atoms with Crippen LogP contribution in [0.5, 0.6) is 0 Å². The van der Waals surface area contributed by atoms with Crippen molar-refractivity contribution in [3.8, 4) is 0 Å². The molecule has 1 aromatic rings. The quantitative estimate of drug-likeness (QED) is 0.913. The van der Waals surface area contributed by atoms with Crippen molar-refractivity contribution in [2.75, 3.05) is 12.3 Å². The van der Waals surface area contributed by atoms with E-state index in [0.29, 0.717) is 10.8 Å². The Hall–Kier alpha value is -1.08. The molecule has 0 saturated carbocycles. The molecule has 0 radical (unpaired) electrons. The molecule has 1 fully saturated rings. The predicted octanol–water partition coefficient (Wildman–Crippen LogP) is 3.02. The maximum Gasteiger partial charge on any atom is 0.317 e. The van der Waals surface area contributed by atoms with Gasteiger partial charge >= 0.3 is 6.03 Å². The highest BCUT2D eigenvalue weighted by molar-refractivity contribution is 7.93. The van der Waals surface area contributed by atoms with Gasteiger partial charge in [-0.3, -0.25) is 0 Å². The first-order valence-electron chi connectivity index (χ1n) is 7.80. The summed E-state index contributed by atoms with van der Waals surface area (Å²) in [6.07, 6.45) is 4.45. The summed E-state index contributed by atoms with van der Waals surface area (Å²) in [5.74, 6) is 0.102. The second-order valence-electron chi connectivity index (χ2n) is 5.67. The van der Waals surface area contributed by atoms with Gasteiger partial charge < -0.3 is 10.2 Å². The minimum Gasteiger partial charge on any atom is -0.333 e. The number of carbonyl (C=O) groups excluding carboxylic acids is 1. The van der Waals surface area contributed by atoms with Gasteiger partial charge in [0.2, 0.25) is 0 Å². The van der Waals surface area contributed by atoms with E-state index in [2.05, 4.69) is 12.2 Å². The molecule has 1 unspecified atom stereocenters. The van der Waals surface area contributed by atoms with Crippen LogP contribution in [0, 0.1) is 0 Å². The Balaban J connectivity index is 1.93. The van der Waals surface area contributed by atoms with Crippen molar-refractivity contribution >= 4 is 27.2 Å². The fraction of sp³-hybridized carbons (Fsp3) is 0.667. The van der Waals surface area contributed by atoms with Gasteiger partial charge in [0.25, 0.3) is 0 Å². The van der Waals surface area contributed by atoms with Gasteiger partial charge in [-0.25, -0.2) is 13.2 Å². The van der Waals surface area contributed by atoms with Crippen molar-refractivity contribution in [3.63, 3.8) is 0 Å². The van der Waals surface area contributed by atoms with Gasteiger partial charge in [0.05, 0.1) is 12.3 Å². The molecular formula is C15H24N2O3S2. The van der Waals surface area contributed by atoms with Crippen LogP contribution in [-0.2, 0) is 16.4 Å². The highest BCUT2D eigenvalue weighted by Gasteiger charge is 2.22. The first-order valence-corrected chi connectivity index (χ1v) is 10.3. The number of hydrogen-bond acceptors (Lipinski definition) is 4. The molecule has 1 atom stereocenters. The summed E-state index contributed by atoms with van der Waals surface area (Å²) < 4.78 is 24.0. The third kappa shape index (κ3) is 4.23. The van der Waals surface area contributed by atoms with Crippen LogP contribution in [0.3, 0.4) is 0 Å². The molecule has 1 saturated heterocycles. The molecule has 2 heterocycles. The number of urea groups is 1. The lowest BCUT2D eigenvalue weighted by Gasteiger charge is -2.27. The first-order chi connectivity index (χ1) is 10.4. The second kappa shape index (κ2) is 7.46. The van der Waals surface area contributed by atoms with Crippen LogP contribution in [0.15, 0.2) is 16.3 Å². The number of amides is 2. The van der Waals surface area contributed by atoms with E-state index in [1.807, 2.05) is 4.90 Å². The van der Waals surface area contributed by atoms with Crippen LogP contribution in [0.1, 0.15) is 44.4 Å². The van der Waals surface area contributed by atoms with Crippen molar-refractivity contribution in [1.29, 1.82) is 0 Å². The maximum atomic E-state index is 12.3. The Morgan fingerprint density at radius 2 is 2.14 bits per heavy atom. The number of nitrogens with zero attached hydrogens (tertiary/aromatic N) is 1. The summed E-state index contributed by atoms with van der Waals surface area (Å²) >= 11 is 1.24. The fourth-order valence-electron chi connectivity index (χ4n) is 2.60. The van der Waals surface area contributed by atoms with Gasteiger partial charge in [0.15, 0.2) is 9.84 Å². The van der Waals surface area contributed by atoms with Crippen molar-refractivity contribution in [1.82, 2.24) is 10.2 Å². The fourth-order valence-corrected chi connectivity index (χ4v) is 5.02. The van der Waals surface area contributed by atoms with E-state index < -0.39 is 9.84 Å². The van der Waals surface area contributed by atoms with Gasteiger partial charge in [-0.2, -0.15) is 0 Å². The molecule has 124 valence electrons. The summed E-state index contributed by atoms with van der Waals surface area (Å²) in [4.78, 5) is 15.1. The third-order valence-electron chi connectivity index (χ3n) is 4.05. The molecule has 7 heteroatoms. The van der Waals surface area contributed by atoms with E-state index in [1.54, 1.807) is 19.1 Å². The Morgan fingerprint density at radius 3 is 2.86 bits per heavy atom. The Kier molecular flexibility index (Phi) is 5.86. The number of nitrogens with one attached hydrogen (secondary N) is 1. The number of sulfone groups is 1. The average Bonchev–Trinajstić information content (AvgIpc) is 2.88. The average molecular weight is 345 g/mol. The monoisotopic (exact) mass is 344 g/mol. The number of carbonyl (C=O) groups is 1. The molecule has 0 spiro atoms. The zero-order valence-electron chi connectivity index (χ0n) is 13.2. The molecule has 22 heavy (non-hydrogen) atoms. The smallest absolute Gasteiger partial charge is 0.317 e. The summed E-state index contributed by atoms with van der Waals surface area (Å²) in [5.41, 5.74) is 0. The lowest BCUT2D eigenvalue weighted by Crippen LogP contribution is -2.44. The van der Waals surface area contributed by atoms with Gasteiger partial charge in [0, 0.05) is 17.5 Å². The molecule has 1 aliphatic rings. The zero-order valence-corrected chi connectivity index (χ0v) is 14.8. The van der Waals surface area contributed by atoms with Gasteiger partial charge in [-0.1, -0.05) is 19.8 Å². The molecule has 1 aromatic heterocycles. The van der Waals surface area contributed by atoms with E-state index in [4.69, 9.17) is 0 Å². The Morgan fingerprint density at radius 1 is 1.36 bits per heavy atom. The minimum absolute atomic E-state index is 0.0531. The van der Waals surface area contributed by atoms with E-state index in [-0.39, 0.29) is 17.8 Å². The van der Waals surface area contributed by atoms with E-state index in [9.17, 15) is 13.2 Å². The molecule has 0 aromatic carbocycles. The Bertz CT molecular complexity index is 610. The zero-order chi connectivity index (χ0) is 16.2. The summed E-state index contributed by atoms with van der Waals surface area (Å²) in [5, 5.41) is 2.91. The standard InChI is InChI=1S/C15H24N2O3S2/c1-3-22(19,20)14-9-8-13(21-14)11-16-15(18)17-10-6-4-5-7-12(17)2/h8-9,12H,3-7,10-11H2,1-2H3,(H,16,18). The van der Waals surface area contributed by atoms with Crippen molar-refractivity contribution in [2.24, 2.45) is 0 Å². The number of hydrogen-bond donors (Lipinski definition) is 1. The lowest BCUT2D eigenvalue weighted by molar-refractivity contribution is 0.180. The molecule has 0 aliphatic carbocycles. The highest BCUT2D eigenvalue weighted by atomic mass is 32.2. The molecule has 1 aliphatic heterocycles. The Labute approximate surface area is 136 Å². The SMILES string of the molecule is CCS(=O)(=O)c1ccc(CNC(=O)N2CCCCCC2C)s1. The number of rotatable bonds is 4. The van der Waals surface area contributed by atoms with E-state index in [0.717, 1.165) is 24.3 Å². The maximum absolute atomic E-state index is 12.3. The summed E-state index contributed by atoms with van der Waals surface area (Å²) in [6.45, 7) is 4.90. The minimum atomic E-state index is -3.15. The van der Waals surface area contributed by atoms with Crippen LogP contribution in [0.25, 0.3) is 0 Å². The first kappa shape index (κ1) is 17.3. The molecule has 1 N–H and O–H groups in total. The molecular weight excluding hydrogens is 320 g/mol. The van der Waals surface area contributed by atoms with Crippen molar-refractivity contribution < 1.29 is 13.2 Å². The third-order valence-corrected chi connectivity index (χ3v) is 7.45. The molecule has 2 rings (SSSR count). The van der Waals surface area contributed by atoms with Crippen LogP contribution in [0.4, 0.5) is 4.79 Å². The summed E-state index contributed by atoms with van der Waals surface area (Å²) in [7, 11) is -3.15. The van der Waals surface area contributed by atoms with E-state index in [1.165, 1.54) is 24.2 Å². The van der Waals surface area contributed by atoms with E-state index >= 15 is 0 Å². The molecule has 0 bridgehead atoms.